The Hall–Kier alpha value is -3.57. The number of benzene rings is 1. The Kier molecular flexibility index (Phi) is 5.76. The molecule has 6 nitrogen and oxygen atoms in total. The Labute approximate surface area is 184 Å². The molecule has 0 atom stereocenters. The van der Waals surface area contributed by atoms with Crippen molar-refractivity contribution in [1.82, 2.24) is 15.0 Å². The highest BCUT2D eigenvalue weighted by molar-refractivity contribution is 5.62. The number of pyridine rings is 1. The molecular formula is C21H18F6N6. The van der Waals surface area contributed by atoms with Crippen LogP contribution in [0.25, 0.3) is 0 Å². The van der Waals surface area contributed by atoms with E-state index >= 15 is 0 Å². The number of nitrogens with one attached hydrogen (secondary N) is 1. The first-order valence-corrected chi connectivity index (χ1v) is 9.89. The number of nitrogen functional groups attached to an aromatic ring is 1. The number of halogens is 6. The molecule has 174 valence electrons. The van der Waals surface area contributed by atoms with E-state index in [0.717, 1.165) is 18.2 Å². The summed E-state index contributed by atoms with van der Waals surface area (Å²) in [5, 5.41) is 2.96. The van der Waals surface area contributed by atoms with E-state index in [1.165, 1.54) is 29.3 Å². The van der Waals surface area contributed by atoms with Crippen LogP contribution in [0.2, 0.25) is 0 Å². The van der Waals surface area contributed by atoms with Crippen LogP contribution in [0.5, 0.6) is 0 Å². The number of anilines is 4. The molecule has 1 aromatic carbocycles. The molecule has 2 aromatic heterocycles. The van der Waals surface area contributed by atoms with Crippen LogP contribution >= 0.6 is 0 Å². The lowest BCUT2D eigenvalue weighted by Crippen LogP contribution is -2.29. The van der Waals surface area contributed by atoms with E-state index in [1.807, 2.05) is 0 Å². The summed E-state index contributed by atoms with van der Waals surface area (Å²) in [6.45, 7) is 0.436. The summed E-state index contributed by atoms with van der Waals surface area (Å²) < 4.78 is 78.8. The van der Waals surface area contributed by atoms with E-state index in [0.29, 0.717) is 22.8 Å². The normalized spacial score (nSPS) is 14.5. The predicted octanol–water partition coefficient (Wildman–Crippen LogP) is 4.84. The van der Waals surface area contributed by atoms with Gasteiger partial charge in [-0.1, -0.05) is 0 Å². The summed E-state index contributed by atoms with van der Waals surface area (Å²) in [5.74, 6) is 0.0811. The van der Waals surface area contributed by atoms with Gasteiger partial charge in [0, 0.05) is 37.0 Å². The zero-order valence-electron chi connectivity index (χ0n) is 17.0. The minimum atomic E-state index is -4.55. The van der Waals surface area contributed by atoms with Gasteiger partial charge in [-0.2, -0.15) is 31.3 Å². The van der Waals surface area contributed by atoms with Crippen molar-refractivity contribution in [2.75, 3.05) is 29.0 Å². The Morgan fingerprint density at radius 2 is 1.58 bits per heavy atom. The fourth-order valence-corrected chi connectivity index (χ4v) is 3.68. The summed E-state index contributed by atoms with van der Waals surface area (Å²) >= 11 is 0. The number of alkyl halides is 6. The third-order valence-electron chi connectivity index (χ3n) is 5.23. The van der Waals surface area contributed by atoms with Crippen LogP contribution in [0.4, 0.5) is 49.6 Å². The second kappa shape index (κ2) is 8.41. The molecule has 0 fully saturated rings. The van der Waals surface area contributed by atoms with Crippen LogP contribution in [-0.2, 0) is 25.2 Å². The number of aromatic nitrogens is 3. The van der Waals surface area contributed by atoms with E-state index in [9.17, 15) is 26.3 Å². The maximum absolute atomic E-state index is 13.4. The number of nitrogens with two attached hydrogens (primary N) is 1. The van der Waals surface area contributed by atoms with Gasteiger partial charge in [-0.25, -0.2) is 9.97 Å². The Balaban J connectivity index is 1.61. The topological polar surface area (TPSA) is 80.0 Å². The lowest BCUT2D eigenvalue weighted by molar-refractivity contribution is -0.138. The summed E-state index contributed by atoms with van der Waals surface area (Å²) in [6, 6.07) is 6.62. The first-order valence-electron chi connectivity index (χ1n) is 9.89. The highest BCUT2D eigenvalue weighted by atomic mass is 19.4. The van der Waals surface area contributed by atoms with Crippen molar-refractivity contribution in [3.8, 4) is 0 Å². The molecule has 1 aliphatic heterocycles. The van der Waals surface area contributed by atoms with Gasteiger partial charge in [0.2, 0.25) is 5.95 Å². The lowest BCUT2D eigenvalue weighted by atomic mass is 10.1. The van der Waals surface area contributed by atoms with Crippen LogP contribution in [-0.4, -0.2) is 28.0 Å². The van der Waals surface area contributed by atoms with Crippen LogP contribution in [0.3, 0.4) is 0 Å². The fourth-order valence-electron chi connectivity index (χ4n) is 3.68. The molecule has 0 saturated heterocycles. The molecule has 3 aromatic rings. The van der Waals surface area contributed by atoms with Gasteiger partial charge in [0.25, 0.3) is 0 Å². The maximum Gasteiger partial charge on any atom is 0.419 e. The average molecular weight is 468 g/mol. The zero-order valence-corrected chi connectivity index (χ0v) is 17.0. The van der Waals surface area contributed by atoms with Crippen LogP contribution in [0.15, 0.2) is 42.6 Å². The molecule has 0 spiro atoms. The minimum Gasteiger partial charge on any atom is -0.368 e. The van der Waals surface area contributed by atoms with Gasteiger partial charge in [0.15, 0.2) is 0 Å². The minimum absolute atomic E-state index is 0.0505. The second-order valence-corrected chi connectivity index (χ2v) is 7.42. The van der Waals surface area contributed by atoms with Gasteiger partial charge < -0.3 is 16.0 Å². The van der Waals surface area contributed by atoms with E-state index in [1.54, 1.807) is 0 Å². The molecule has 12 heteroatoms. The Morgan fingerprint density at radius 1 is 0.879 bits per heavy atom. The molecule has 1 aliphatic rings. The van der Waals surface area contributed by atoms with Gasteiger partial charge in [-0.05, 0) is 42.8 Å². The van der Waals surface area contributed by atoms with Crippen molar-refractivity contribution in [2.45, 2.75) is 25.2 Å². The van der Waals surface area contributed by atoms with Crippen molar-refractivity contribution in [2.24, 2.45) is 0 Å². The first-order chi connectivity index (χ1) is 15.5. The third kappa shape index (κ3) is 4.94. The van der Waals surface area contributed by atoms with Crippen molar-refractivity contribution in [3.05, 3.63) is 65.0 Å². The average Bonchev–Trinajstić information content (AvgIpc) is 2.95. The summed E-state index contributed by atoms with van der Waals surface area (Å²) in [4.78, 5) is 13.9. The number of rotatable bonds is 3. The monoisotopic (exact) mass is 468 g/mol. The van der Waals surface area contributed by atoms with Crippen molar-refractivity contribution >= 4 is 23.3 Å². The molecular weight excluding hydrogens is 450 g/mol. The molecule has 0 unspecified atom stereocenters. The number of fused-ring (bicyclic) bond motifs is 1. The number of nitrogens with zero attached hydrogens (tertiary/aromatic N) is 4. The van der Waals surface area contributed by atoms with Crippen LogP contribution in [0.1, 0.15) is 22.4 Å². The molecule has 0 saturated carbocycles. The molecule has 0 radical (unpaired) electrons. The van der Waals surface area contributed by atoms with Crippen molar-refractivity contribution < 1.29 is 26.3 Å². The summed E-state index contributed by atoms with van der Waals surface area (Å²) in [5.41, 5.74) is 5.74. The number of hydrogen-bond acceptors (Lipinski definition) is 6. The number of hydrogen-bond donors (Lipinski definition) is 2. The Bertz CT molecular complexity index is 1140. The van der Waals surface area contributed by atoms with E-state index in [4.69, 9.17) is 5.73 Å². The second-order valence-electron chi connectivity index (χ2n) is 7.42. The molecule has 0 amide bonds. The van der Waals surface area contributed by atoms with Crippen molar-refractivity contribution in [1.29, 1.82) is 0 Å². The summed E-state index contributed by atoms with van der Waals surface area (Å²) in [7, 11) is 0. The lowest BCUT2D eigenvalue weighted by Gasteiger charge is -2.24. The quantitative estimate of drug-likeness (QED) is 0.536. The zero-order chi connectivity index (χ0) is 23.8. The van der Waals surface area contributed by atoms with E-state index < -0.39 is 23.5 Å². The van der Waals surface area contributed by atoms with Crippen LogP contribution < -0.4 is 16.0 Å². The molecule has 4 rings (SSSR count). The predicted molar refractivity (Wildman–Crippen MR) is 110 cm³/mol. The maximum atomic E-state index is 13.4. The molecule has 3 heterocycles. The smallest absolute Gasteiger partial charge is 0.368 e. The third-order valence-corrected chi connectivity index (χ3v) is 5.23. The van der Waals surface area contributed by atoms with Gasteiger partial charge in [-0.3, -0.25) is 0 Å². The van der Waals surface area contributed by atoms with E-state index in [-0.39, 0.29) is 37.7 Å². The molecule has 0 bridgehead atoms. The van der Waals surface area contributed by atoms with Crippen molar-refractivity contribution in [3.63, 3.8) is 0 Å². The van der Waals surface area contributed by atoms with Gasteiger partial charge in [0.05, 0.1) is 16.8 Å². The Morgan fingerprint density at radius 3 is 2.24 bits per heavy atom. The molecule has 0 aliphatic carbocycles. The highest BCUT2D eigenvalue weighted by Gasteiger charge is 2.36. The van der Waals surface area contributed by atoms with Gasteiger partial charge >= 0.3 is 12.4 Å². The highest BCUT2D eigenvalue weighted by Crippen LogP contribution is 2.36. The standard InChI is InChI=1S/C21H18F6N6/c22-20(23,24)12-3-5-13(6-4-12)30-17-14-7-10-33(11-8-16(14)31-19(28)32-17)18-15(21(25,26)27)2-1-9-29-18/h1-6,9H,7-8,10-11H2,(H3,28,30,31,32). The van der Waals surface area contributed by atoms with Gasteiger partial charge in [-0.15, -0.1) is 0 Å². The van der Waals surface area contributed by atoms with Crippen LogP contribution in [0, 0.1) is 0 Å². The largest absolute Gasteiger partial charge is 0.419 e. The SMILES string of the molecule is Nc1nc2c(c(Nc3ccc(C(F)(F)F)cc3)n1)CCN(c1ncccc1C(F)(F)F)CC2. The molecule has 3 N–H and O–H groups in total. The fraction of sp³-hybridized carbons (Fsp3) is 0.286. The molecule has 33 heavy (non-hydrogen) atoms. The van der Waals surface area contributed by atoms with Gasteiger partial charge in [0.1, 0.15) is 11.6 Å². The first kappa shape index (κ1) is 22.6. The van der Waals surface area contributed by atoms with E-state index in [2.05, 4.69) is 20.3 Å². The summed E-state index contributed by atoms with van der Waals surface area (Å²) in [6.07, 6.45) is -7.14.